The molecule has 0 bridgehead atoms. The molecule has 0 aliphatic rings. The molecule has 0 aliphatic carbocycles. The Bertz CT molecular complexity index is 3240. The molecule has 0 fully saturated rings. The van der Waals surface area contributed by atoms with Crippen molar-refractivity contribution in [2.75, 3.05) is 0 Å². The highest BCUT2D eigenvalue weighted by atomic mass is 15.0. The van der Waals surface area contributed by atoms with Crippen LogP contribution in [0, 0.1) is 0 Å². The Hall–Kier alpha value is -7.24. The molecule has 6 aromatic carbocycles. The molecule has 0 spiro atoms. The van der Waals surface area contributed by atoms with Crippen LogP contribution in [0.1, 0.15) is 0 Å². The lowest BCUT2D eigenvalue weighted by molar-refractivity contribution is 1.20. The molecule has 0 atom stereocenters. The number of hydrogen-bond donors (Lipinski definition) is 0. The minimum atomic E-state index is 0.917. The Labute approximate surface area is 304 Å². The quantitative estimate of drug-likeness (QED) is 0.174. The van der Waals surface area contributed by atoms with Crippen LogP contribution in [0.3, 0.4) is 0 Å². The second-order valence-electron chi connectivity index (χ2n) is 13.5. The summed E-state index contributed by atoms with van der Waals surface area (Å²) in [7, 11) is 0. The van der Waals surface area contributed by atoms with Crippen LogP contribution in [-0.2, 0) is 0 Å². The van der Waals surface area contributed by atoms with E-state index in [4.69, 9.17) is 15.0 Å². The van der Waals surface area contributed by atoms with E-state index < -0.39 is 0 Å². The lowest BCUT2D eigenvalue weighted by atomic mass is 9.92. The summed E-state index contributed by atoms with van der Waals surface area (Å²) in [6, 6.07) is 55.3. The van der Waals surface area contributed by atoms with E-state index >= 15 is 0 Å². The number of rotatable bonds is 4. The van der Waals surface area contributed by atoms with Crippen LogP contribution < -0.4 is 0 Å². The van der Waals surface area contributed by atoms with Crippen LogP contribution in [0.15, 0.2) is 176 Å². The molecule has 5 aromatic heterocycles. The molecule has 11 rings (SSSR count). The summed E-state index contributed by atoms with van der Waals surface area (Å²) in [6.07, 6.45) is 6.05. The fraction of sp³-hybridized carbons (Fsp3) is 0. The van der Waals surface area contributed by atoms with E-state index in [0.29, 0.717) is 0 Å². The van der Waals surface area contributed by atoms with E-state index in [0.717, 1.165) is 99.4 Å². The van der Waals surface area contributed by atoms with Crippen molar-refractivity contribution >= 4 is 59.9 Å². The largest absolute Gasteiger partial charge is 0.306 e. The molecule has 0 saturated carbocycles. The van der Waals surface area contributed by atoms with E-state index in [1.165, 1.54) is 5.39 Å². The van der Waals surface area contributed by atoms with Gasteiger partial charge in [-0.15, -0.1) is 0 Å². The maximum atomic E-state index is 5.29. The summed E-state index contributed by atoms with van der Waals surface area (Å²) in [4.78, 5) is 20.4. The summed E-state index contributed by atoms with van der Waals surface area (Å²) < 4.78 is 2.13. The Morgan fingerprint density at radius 3 is 2.04 bits per heavy atom. The Balaban J connectivity index is 1.08. The molecule has 0 amide bonds. The monoisotopic (exact) mass is 675 g/mol. The van der Waals surface area contributed by atoms with Gasteiger partial charge in [0.2, 0.25) is 0 Å². The molecular formula is C48H29N5. The predicted molar refractivity (Wildman–Crippen MR) is 218 cm³/mol. The summed E-state index contributed by atoms with van der Waals surface area (Å²) in [5.74, 6) is 0. The molecule has 5 heteroatoms. The van der Waals surface area contributed by atoms with E-state index in [-0.39, 0.29) is 0 Å². The molecule has 11 aromatic rings. The summed E-state index contributed by atoms with van der Waals surface area (Å²) >= 11 is 0. The van der Waals surface area contributed by atoms with Crippen LogP contribution in [0.5, 0.6) is 0 Å². The van der Waals surface area contributed by atoms with Crippen molar-refractivity contribution in [3.8, 4) is 44.9 Å². The lowest BCUT2D eigenvalue weighted by Crippen LogP contribution is -1.94. The zero-order valence-electron chi connectivity index (χ0n) is 28.5. The number of fused-ring (bicyclic) bond motifs is 9. The van der Waals surface area contributed by atoms with E-state index in [9.17, 15) is 0 Å². The fourth-order valence-electron chi connectivity index (χ4n) is 7.93. The molecule has 0 aliphatic heterocycles. The molecule has 0 radical (unpaired) electrons. The number of hydrogen-bond acceptors (Lipinski definition) is 4. The van der Waals surface area contributed by atoms with Crippen LogP contribution in [-0.4, -0.2) is 24.3 Å². The highest BCUT2D eigenvalue weighted by Gasteiger charge is 2.17. The first-order valence-electron chi connectivity index (χ1n) is 17.8. The third-order valence-electron chi connectivity index (χ3n) is 10.4. The Kier molecular flexibility index (Phi) is 6.48. The third-order valence-corrected chi connectivity index (χ3v) is 10.4. The minimum Gasteiger partial charge on any atom is -0.306 e. The second-order valence-corrected chi connectivity index (χ2v) is 13.5. The second kappa shape index (κ2) is 11.7. The SMILES string of the molecule is c1ccc(-c2cn3ccc4c(-c5cccc(-c6ccc(-c7ccc8ccc9cccnc9c8n7)c7ccccc67)c5)nc5ccccc5c4c3n2)cc1. The van der Waals surface area contributed by atoms with Crippen molar-refractivity contribution in [3.05, 3.63) is 176 Å². The molecule has 246 valence electrons. The first-order valence-corrected chi connectivity index (χ1v) is 17.8. The van der Waals surface area contributed by atoms with Gasteiger partial charge in [0.15, 0.2) is 0 Å². The van der Waals surface area contributed by atoms with Gasteiger partial charge in [-0.05, 0) is 52.2 Å². The van der Waals surface area contributed by atoms with Crippen LogP contribution in [0.2, 0.25) is 0 Å². The first kappa shape index (κ1) is 29.5. The number of pyridine rings is 4. The fourth-order valence-corrected chi connectivity index (χ4v) is 7.93. The van der Waals surface area contributed by atoms with Gasteiger partial charge in [0.05, 0.1) is 33.6 Å². The molecule has 53 heavy (non-hydrogen) atoms. The highest BCUT2D eigenvalue weighted by molar-refractivity contribution is 6.17. The minimum absolute atomic E-state index is 0.917. The number of benzene rings is 6. The van der Waals surface area contributed by atoms with Gasteiger partial charge in [0.1, 0.15) is 5.65 Å². The van der Waals surface area contributed by atoms with E-state index in [2.05, 4.69) is 167 Å². The standard InChI is InChI=1S/C48H29N5/c1-2-10-30(11-3-1)43-29-53-27-25-40-44(48(53)52-43)39-17-6-7-18-41(39)50-45(40)34-13-8-12-33(28-34)35-22-23-38(37-16-5-4-15-36(35)37)42-24-21-32-20-19-31-14-9-26-49-46(31)47(32)51-42/h1-29H. The lowest BCUT2D eigenvalue weighted by Gasteiger charge is -2.14. The van der Waals surface area contributed by atoms with Gasteiger partial charge in [0, 0.05) is 62.2 Å². The van der Waals surface area contributed by atoms with Crippen molar-refractivity contribution in [1.29, 1.82) is 0 Å². The zero-order chi connectivity index (χ0) is 34.9. The topological polar surface area (TPSA) is 56.0 Å². The van der Waals surface area contributed by atoms with Gasteiger partial charge in [-0.1, -0.05) is 127 Å². The van der Waals surface area contributed by atoms with Crippen molar-refractivity contribution in [1.82, 2.24) is 24.3 Å². The van der Waals surface area contributed by atoms with Gasteiger partial charge in [-0.25, -0.2) is 15.0 Å². The van der Waals surface area contributed by atoms with Gasteiger partial charge in [-0.2, -0.15) is 0 Å². The van der Waals surface area contributed by atoms with E-state index in [1.807, 2.05) is 18.3 Å². The molecule has 5 heterocycles. The number of aromatic nitrogens is 5. The maximum Gasteiger partial charge on any atom is 0.146 e. The van der Waals surface area contributed by atoms with Gasteiger partial charge in [-0.3, -0.25) is 4.98 Å². The smallest absolute Gasteiger partial charge is 0.146 e. The van der Waals surface area contributed by atoms with Gasteiger partial charge >= 0.3 is 0 Å². The van der Waals surface area contributed by atoms with Crippen LogP contribution in [0.25, 0.3) is 105 Å². The number of imidazole rings is 1. The zero-order valence-corrected chi connectivity index (χ0v) is 28.5. The Morgan fingerprint density at radius 1 is 0.434 bits per heavy atom. The normalized spacial score (nSPS) is 11.8. The van der Waals surface area contributed by atoms with Crippen molar-refractivity contribution in [2.24, 2.45) is 0 Å². The maximum absolute atomic E-state index is 5.29. The number of para-hydroxylation sites is 1. The molecule has 0 N–H and O–H groups in total. The molecule has 0 unspecified atom stereocenters. The summed E-state index contributed by atoms with van der Waals surface area (Å²) in [5.41, 5.74) is 12.0. The number of nitrogens with zero attached hydrogens (tertiary/aromatic N) is 5. The van der Waals surface area contributed by atoms with Crippen molar-refractivity contribution in [3.63, 3.8) is 0 Å². The van der Waals surface area contributed by atoms with Gasteiger partial charge in [0.25, 0.3) is 0 Å². The van der Waals surface area contributed by atoms with Gasteiger partial charge < -0.3 is 4.40 Å². The highest BCUT2D eigenvalue weighted by Crippen LogP contribution is 2.40. The van der Waals surface area contributed by atoms with E-state index in [1.54, 1.807) is 0 Å². The van der Waals surface area contributed by atoms with Crippen LogP contribution in [0.4, 0.5) is 0 Å². The average Bonchev–Trinajstić information content (AvgIpc) is 3.68. The van der Waals surface area contributed by atoms with Crippen molar-refractivity contribution < 1.29 is 0 Å². The molecule has 5 nitrogen and oxygen atoms in total. The summed E-state index contributed by atoms with van der Waals surface area (Å²) in [5, 5.41) is 7.75. The average molecular weight is 676 g/mol. The predicted octanol–water partition coefficient (Wildman–Crippen LogP) is 12.0. The Morgan fingerprint density at radius 2 is 1.15 bits per heavy atom. The molecule has 0 saturated heterocycles. The van der Waals surface area contributed by atoms with Crippen molar-refractivity contribution in [2.45, 2.75) is 0 Å². The third kappa shape index (κ3) is 4.71. The van der Waals surface area contributed by atoms with Crippen LogP contribution >= 0.6 is 0 Å². The molecular weight excluding hydrogens is 647 g/mol. The first-order chi connectivity index (χ1) is 26.3. The summed E-state index contributed by atoms with van der Waals surface area (Å²) in [6.45, 7) is 0.